The molecule has 9 heteroatoms. The van der Waals surface area contributed by atoms with Gasteiger partial charge in [0.25, 0.3) is 5.91 Å². The summed E-state index contributed by atoms with van der Waals surface area (Å²) in [6.45, 7) is 3.15. The fourth-order valence-corrected chi connectivity index (χ4v) is 3.36. The number of carbonyl (C=O) groups excluding carboxylic acids is 2. The number of methoxy groups -OCH3 is 1. The number of Topliss-reactive ketones (excluding diaryl/α,β-unsaturated/α-hetero) is 1. The number of aromatic hydroxyl groups is 1. The Labute approximate surface area is 164 Å². The number of benzene rings is 1. The molecular weight excluding hydrogens is 386 g/mol. The number of nitrogens with one attached hydrogen (secondary N) is 1. The Morgan fingerprint density at radius 1 is 1.34 bits per heavy atom. The third-order valence-electron chi connectivity index (χ3n) is 5.21. The summed E-state index contributed by atoms with van der Waals surface area (Å²) in [4.78, 5) is 37.7. The molecule has 1 aromatic heterocycles. The molecular formula is C20H20F2N2O5. The summed E-state index contributed by atoms with van der Waals surface area (Å²) in [5.41, 5.74) is -2.54. The number of ether oxygens (including phenoxy) is 1. The van der Waals surface area contributed by atoms with Crippen molar-refractivity contribution in [2.24, 2.45) is 5.41 Å². The lowest BCUT2D eigenvalue weighted by Crippen LogP contribution is -2.48. The summed E-state index contributed by atoms with van der Waals surface area (Å²) in [6.07, 6.45) is 0.640. The van der Waals surface area contributed by atoms with Gasteiger partial charge in [0, 0.05) is 31.5 Å². The quantitative estimate of drug-likeness (QED) is 0.810. The Morgan fingerprint density at radius 3 is 2.66 bits per heavy atom. The molecule has 1 atom stereocenters. The molecule has 1 aliphatic heterocycles. The molecule has 0 aliphatic carbocycles. The van der Waals surface area contributed by atoms with Crippen molar-refractivity contribution in [3.63, 3.8) is 0 Å². The maximum atomic E-state index is 13.7. The van der Waals surface area contributed by atoms with Crippen LogP contribution in [-0.4, -0.2) is 34.6 Å². The summed E-state index contributed by atoms with van der Waals surface area (Å²) in [6, 6.07) is 2.90. The number of aromatic nitrogens is 1. The SMILES string of the molecule is CO[C@H]1Cn2cc(C(=O)NCc3ccc(F)cc3F)c(=O)c(O)c2C(=O)C1(C)C. The van der Waals surface area contributed by atoms with Crippen LogP contribution in [0.2, 0.25) is 0 Å². The minimum atomic E-state index is -1.01. The smallest absolute Gasteiger partial charge is 0.257 e. The molecule has 1 aromatic carbocycles. The van der Waals surface area contributed by atoms with Crippen molar-refractivity contribution >= 4 is 11.7 Å². The third kappa shape index (κ3) is 3.53. The van der Waals surface area contributed by atoms with Crippen LogP contribution < -0.4 is 10.7 Å². The zero-order valence-electron chi connectivity index (χ0n) is 16.1. The summed E-state index contributed by atoms with van der Waals surface area (Å²) in [7, 11) is 1.44. The monoisotopic (exact) mass is 406 g/mol. The van der Waals surface area contributed by atoms with Crippen LogP contribution in [0.3, 0.4) is 0 Å². The highest BCUT2D eigenvalue weighted by Gasteiger charge is 2.45. The number of amides is 1. The number of carbonyl (C=O) groups is 2. The van der Waals surface area contributed by atoms with Gasteiger partial charge in [-0.1, -0.05) is 6.07 Å². The molecule has 29 heavy (non-hydrogen) atoms. The first-order valence-corrected chi connectivity index (χ1v) is 8.84. The number of fused-ring (bicyclic) bond motifs is 1. The summed E-state index contributed by atoms with van der Waals surface area (Å²) in [5.74, 6) is -3.76. The molecule has 2 heterocycles. The number of hydrogen-bond acceptors (Lipinski definition) is 5. The molecule has 0 unspecified atom stereocenters. The van der Waals surface area contributed by atoms with Crippen molar-refractivity contribution in [2.45, 2.75) is 33.0 Å². The van der Waals surface area contributed by atoms with Gasteiger partial charge in [-0.2, -0.15) is 0 Å². The number of ketones is 1. The second-order valence-corrected chi connectivity index (χ2v) is 7.42. The lowest BCUT2D eigenvalue weighted by atomic mass is 9.77. The van der Waals surface area contributed by atoms with E-state index in [0.29, 0.717) is 6.07 Å². The van der Waals surface area contributed by atoms with Crippen molar-refractivity contribution < 1.29 is 28.2 Å². The van der Waals surface area contributed by atoms with Crippen LogP contribution >= 0.6 is 0 Å². The van der Waals surface area contributed by atoms with E-state index in [4.69, 9.17) is 4.74 Å². The second kappa shape index (κ2) is 7.40. The van der Waals surface area contributed by atoms with Gasteiger partial charge in [-0.15, -0.1) is 0 Å². The minimum absolute atomic E-state index is 0.0263. The van der Waals surface area contributed by atoms with E-state index in [1.54, 1.807) is 13.8 Å². The van der Waals surface area contributed by atoms with E-state index < -0.39 is 51.6 Å². The van der Waals surface area contributed by atoms with Crippen molar-refractivity contribution in [3.8, 4) is 5.75 Å². The Kier molecular flexibility index (Phi) is 5.27. The number of hydrogen-bond donors (Lipinski definition) is 2. The fourth-order valence-electron chi connectivity index (χ4n) is 3.36. The van der Waals surface area contributed by atoms with Gasteiger partial charge < -0.3 is 19.7 Å². The first-order chi connectivity index (χ1) is 13.6. The first kappa shape index (κ1) is 20.7. The van der Waals surface area contributed by atoms with E-state index in [1.165, 1.54) is 23.9 Å². The Balaban J connectivity index is 1.93. The summed E-state index contributed by atoms with van der Waals surface area (Å²) >= 11 is 0. The standard InChI is InChI=1S/C20H20F2N2O5/c1-20(2)14(29-3)9-24-8-12(16(25)17(26)15(24)18(20)27)19(28)23-7-10-4-5-11(21)6-13(10)22/h4-6,8,14,26H,7,9H2,1-3H3,(H,23,28)/t14-/m0/s1. The summed E-state index contributed by atoms with van der Waals surface area (Å²) in [5, 5.41) is 12.7. The van der Waals surface area contributed by atoms with E-state index in [9.17, 15) is 28.3 Å². The molecule has 1 aliphatic rings. The molecule has 1 amide bonds. The van der Waals surface area contributed by atoms with Gasteiger partial charge in [-0.05, 0) is 19.9 Å². The Hall–Kier alpha value is -3.07. The topological polar surface area (TPSA) is 97.6 Å². The van der Waals surface area contributed by atoms with E-state index in [-0.39, 0.29) is 24.3 Å². The van der Waals surface area contributed by atoms with Gasteiger partial charge in [0.1, 0.15) is 22.9 Å². The average molecular weight is 406 g/mol. The lowest BCUT2D eigenvalue weighted by molar-refractivity contribution is -0.00729. The molecule has 7 nitrogen and oxygen atoms in total. The van der Waals surface area contributed by atoms with Gasteiger partial charge in [-0.25, -0.2) is 8.78 Å². The van der Waals surface area contributed by atoms with Crippen LogP contribution in [0.4, 0.5) is 8.78 Å². The maximum absolute atomic E-state index is 13.7. The van der Waals surface area contributed by atoms with E-state index >= 15 is 0 Å². The Morgan fingerprint density at radius 2 is 2.03 bits per heavy atom. The van der Waals surface area contributed by atoms with E-state index in [1.807, 2.05) is 0 Å². The largest absolute Gasteiger partial charge is 0.503 e. The highest BCUT2D eigenvalue weighted by molar-refractivity contribution is 6.03. The molecule has 2 aromatic rings. The number of halogens is 2. The van der Waals surface area contributed by atoms with E-state index in [2.05, 4.69) is 5.32 Å². The zero-order valence-corrected chi connectivity index (χ0v) is 16.1. The molecule has 0 bridgehead atoms. The van der Waals surface area contributed by atoms with E-state index in [0.717, 1.165) is 6.07 Å². The first-order valence-electron chi connectivity index (χ1n) is 8.84. The molecule has 154 valence electrons. The average Bonchev–Trinajstić information content (AvgIpc) is 2.66. The van der Waals surface area contributed by atoms with Crippen LogP contribution in [0.15, 0.2) is 29.2 Å². The van der Waals surface area contributed by atoms with Gasteiger partial charge in [-0.3, -0.25) is 14.4 Å². The minimum Gasteiger partial charge on any atom is -0.503 e. The van der Waals surface area contributed by atoms with Crippen LogP contribution in [0.5, 0.6) is 5.75 Å². The highest BCUT2D eigenvalue weighted by atomic mass is 19.1. The molecule has 0 fully saturated rings. The van der Waals surface area contributed by atoms with Crippen LogP contribution in [0.25, 0.3) is 0 Å². The summed E-state index contributed by atoms with van der Waals surface area (Å²) < 4.78 is 33.4. The van der Waals surface area contributed by atoms with Crippen LogP contribution in [-0.2, 0) is 17.8 Å². The normalized spacial score (nSPS) is 17.7. The third-order valence-corrected chi connectivity index (χ3v) is 5.21. The molecule has 3 rings (SSSR count). The molecule has 2 N–H and O–H groups in total. The van der Waals surface area contributed by atoms with Crippen LogP contribution in [0.1, 0.15) is 40.3 Å². The predicted molar refractivity (Wildman–Crippen MR) is 98.8 cm³/mol. The van der Waals surface area contributed by atoms with Gasteiger partial charge >= 0.3 is 0 Å². The second-order valence-electron chi connectivity index (χ2n) is 7.42. The van der Waals surface area contributed by atoms with Crippen molar-refractivity contribution in [2.75, 3.05) is 7.11 Å². The molecule has 0 spiro atoms. The van der Waals surface area contributed by atoms with Gasteiger partial charge in [0.2, 0.25) is 5.43 Å². The number of rotatable bonds is 4. The predicted octanol–water partition coefficient (Wildman–Crippen LogP) is 2.00. The van der Waals surface area contributed by atoms with Gasteiger partial charge in [0.15, 0.2) is 11.5 Å². The van der Waals surface area contributed by atoms with Gasteiger partial charge in [0.05, 0.1) is 18.1 Å². The molecule has 0 saturated carbocycles. The molecule has 0 saturated heterocycles. The Bertz CT molecular complexity index is 1060. The van der Waals surface area contributed by atoms with Crippen molar-refractivity contribution in [1.82, 2.24) is 9.88 Å². The number of pyridine rings is 1. The van der Waals surface area contributed by atoms with Crippen molar-refractivity contribution in [3.05, 3.63) is 63.1 Å². The molecule has 0 radical (unpaired) electrons. The van der Waals surface area contributed by atoms with Crippen LogP contribution in [0, 0.1) is 17.0 Å². The van der Waals surface area contributed by atoms with Crippen molar-refractivity contribution in [1.29, 1.82) is 0 Å². The number of nitrogens with zero attached hydrogens (tertiary/aromatic N) is 1. The fraction of sp³-hybridized carbons (Fsp3) is 0.350. The highest BCUT2D eigenvalue weighted by Crippen LogP contribution is 2.36. The maximum Gasteiger partial charge on any atom is 0.257 e. The lowest BCUT2D eigenvalue weighted by Gasteiger charge is -2.38. The zero-order chi connectivity index (χ0) is 21.5.